The highest BCUT2D eigenvalue weighted by atomic mass is 19.1. The second kappa shape index (κ2) is 11.4. The molecule has 1 aliphatic rings. The van der Waals surface area contributed by atoms with Gasteiger partial charge in [0.2, 0.25) is 0 Å². The Hall–Kier alpha value is -4.41. The molecule has 0 N–H and O–H groups in total. The standard InChI is InChI=1S/C29H30F2N2O7/c1-29(2,3)40-28(36)32-14-13-18(15-32)33-16-20(23(26(34)37-4)24(33)27(35)38-5)17-9-11-19(12-10-17)39-25-21(30)7-6-8-22(25)31/h6-12,16,18H,13-15H2,1-5H3/t18-/m1/s1. The van der Waals surface area contributed by atoms with Crippen LogP contribution in [-0.2, 0) is 14.2 Å². The summed E-state index contributed by atoms with van der Waals surface area (Å²) in [4.78, 5) is 40.1. The van der Waals surface area contributed by atoms with Gasteiger partial charge in [0.25, 0.3) is 0 Å². The number of rotatable bonds is 6. The molecule has 9 nitrogen and oxygen atoms in total. The number of benzene rings is 2. The quantitative estimate of drug-likeness (QED) is 0.272. The Kier molecular flexibility index (Phi) is 8.13. The number of halogens is 2. The van der Waals surface area contributed by atoms with Crippen LogP contribution in [0, 0.1) is 11.6 Å². The van der Waals surface area contributed by atoms with E-state index in [0.29, 0.717) is 24.1 Å². The zero-order chi connectivity index (χ0) is 29.2. The summed E-state index contributed by atoms with van der Waals surface area (Å²) >= 11 is 0. The van der Waals surface area contributed by atoms with E-state index >= 15 is 0 Å². The second-order valence-corrected chi connectivity index (χ2v) is 10.2. The lowest BCUT2D eigenvalue weighted by Crippen LogP contribution is -2.35. The van der Waals surface area contributed by atoms with E-state index in [4.69, 9.17) is 18.9 Å². The Morgan fingerprint density at radius 1 is 0.925 bits per heavy atom. The van der Waals surface area contributed by atoms with Crippen LogP contribution in [0.25, 0.3) is 11.1 Å². The van der Waals surface area contributed by atoms with Crippen LogP contribution in [0.5, 0.6) is 11.5 Å². The summed E-state index contributed by atoms with van der Waals surface area (Å²) in [6.45, 7) is 5.96. The number of likely N-dealkylation sites (tertiary alicyclic amines) is 1. The molecule has 0 aliphatic carbocycles. The van der Waals surface area contributed by atoms with Crippen molar-refractivity contribution in [2.45, 2.75) is 38.8 Å². The van der Waals surface area contributed by atoms with E-state index in [2.05, 4.69) is 0 Å². The van der Waals surface area contributed by atoms with Crippen LogP contribution in [-0.4, -0.2) is 60.4 Å². The molecule has 1 aromatic heterocycles. The maximum Gasteiger partial charge on any atom is 0.410 e. The molecule has 40 heavy (non-hydrogen) atoms. The number of methoxy groups -OCH3 is 2. The SMILES string of the molecule is COC(=O)c1c(-c2ccc(Oc3c(F)cccc3F)cc2)cn([C@@H]2CCN(C(=O)OC(C)(C)C)C2)c1C(=O)OC. The fraction of sp³-hybridized carbons (Fsp3) is 0.345. The number of hydrogen-bond acceptors (Lipinski definition) is 7. The number of carbonyl (C=O) groups excluding carboxylic acids is 3. The van der Waals surface area contributed by atoms with E-state index in [-0.39, 0.29) is 29.6 Å². The highest BCUT2D eigenvalue weighted by Crippen LogP contribution is 2.36. The molecule has 3 aromatic rings. The van der Waals surface area contributed by atoms with Crippen molar-refractivity contribution in [2.75, 3.05) is 27.3 Å². The van der Waals surface area contributed by atoms with Gasteiger partial charge < -0.3 is 28.4 Å². The molecule has 1 saturated heterocycles. The number of esters is 2. The largest absolute Gasteiger partial charge is 0.465 e. The second-order valence-electron chi connectivity index (χ2n) is 10.2. The average molecular weight is 557 g/mol. The van der Waals surface area contributed by atoms with Crippen molar-refractivity contribution < 1.29 is 42.1 Å². The number of hydrogen-bond donors (Lipinski definition) is 0. The monoisotopic (exact) mass is 556 g/mol. The number of aromatic nitrogens is 1. The normalized spacial score (nSPS) is 15.1. The van der Waals surface area contributed by atoms with E-state index in [1.54, 1.807) is 48.6 Å². The molecule has 2 heterocycles. The van der Waals surface area contributed by atoms with Crippen molar-refractivity contribution in [3.8, 4) is 22.6 Å². The van der Waals surface area contributed by atoms with E-state index in [1.807, 2.05) is 0 Å². The molecule has 1 atom stereocenters. The fourth-order valence-corrected chi connectivity index (χ4v) is 4.51. The molecule has 2 aromatic carbocycles. The van der Waals surface area contributed by atoms with Gasteiger partial charge in [0.15, 0.2) is 17.4 Å². The molecular formula is C29H30F2N2O7. The third kappa shape index (κ3) is 5.93. The third-order valence-corrected chi connectivity index (χ3v) is 6.31. The first-order chi connectivity index (χ1) is 18.9. The van der Waals surface area contributed by atoms with Crippen molar-refractivity contribution in [1.82, 2.24) is 9.47 Å². The van der Waals surface area contributed by atoms with Gasteiger partial charge in [0.1, 0.15) is 22.6 Å². The Bertz CT molecular complexity index is 1410. The third-order valence-electron chi connectivity index (χ3n) is 6.31. The van der Waals surface area contributed by atoms with Gasteiger partial charge in [-0.25, -0.2) is 23.2 Å². The Balaban J connectivity index is 1.71. The zero-order valence-corrected chi connectivity index (χ0v) is 22.8. The summed E-state index contributed by atoms with van der Waals surface area (Å²) in [7, 11) is 2.40. The summed E-state index contributed by atoms with van der Waals surface area (Å²) in [6.07, 6.45) is 1.66. The smallest absolute Gasteiger partial charge is 0.410 e. The molecule has 1 amide bonds. The van der Waals surface area contributed by atoms with Gasteiger partial charge in [-0.3, -0.25) is 0 Å². The average Bonchev–Trinajstić information content (AvgIpc) is 3.55. The predicted molar refractivity (Wildman–Crippen MR) is 140 cm³/mol. The minimum atomic E-state index is -0.853. The lowest BCUT2D eigenvalue weighted by atomic mass is 10.0. The van der Waals surface area contributed by atoms with Crippen LogP contribution in [0.2, 0.25) is 0 Å². The van der Waals surface area contributed by atoms with Crippen LogP contribution >= 0.6 is 0 Å². The van der Waals surface area contributed by atoms with Crippen LogP contribution < -0.4 is 4.74 Å². The first-order valence-corrected chi connectivity index (χ1v) is 12.5. The van der Waals surface area contributed by atoms with Crippen molar-refractivity contribution in [2.24, 2.45) is 0 Å². The van der Waals surface area contributed by atoms with Gasteiger partial charge in [-0.1, -0.05) is 18.2 Å². The molecular weight excluding hydrogens is 526 g/mol. The summed E-state index contributed by atoms with van der Waals surface area (Å²) in [6, 6.07) is 9.18. The van der Waals surface area contributed by atoms with Crippen LogP contribution in [0.4, 0.5) is 13.6 Å². The molecule has 0 spiro atoms. The Morgan fingerprint density at radius 2 is 1.55 bits per heavy atom. The van der Waals surface area contributed by atoms with E-state index in [1.165, 1.54) is 32.4 Å². The van der Waals surface area contributed by atoms with Crippen molar-refractivity contribution in [3.63, 3.8) is 0 Å². The van der Waals surface area contributed by atoms with Gasteiger partial charge in [-0.15, -0.1) is 0 Å². The lowest BCUT2D eigenvalue weighted by molar-refractivity contribution is 0.0288. The molecule has 0 unspecified atom stereocenters. The minimum absolute atomic E-state index is 0.0149. The van der Waals surface area contributed by atoms with E-state index in [0.717, 1.165) is 12.1 Å². The molecule has 1 aliphatic heterocycles. The number of amides is 1. The molecule has 0 radical (unpaired) electrons. The summed E-state index contributed by atoms with van der Waals surface area (Å²) < 4.78 is 50.6. The van der Waals surface area contributed by atoms with Crippen molar-refractivity contribution >= 4 is 18.0 Å². The van der Waals surface area contributed by atoms with Gasteiger partial charge >= 0.3 is 18.0 Å². The molecule has 212 valence electrons. The number of ether oxygens (including phenoxy) is 4. The van der Waals surface area contributed by atoms with Crippen molar-refractivity contribution in [1.29, 1.82) is 0 Å². The van der Waals surface area contributed by atoms with Gasteiger partial charge in [0.05, 0.1) is 20.3 Å². The van der Waals surface area contributed by atoms with Crippen molar-refractivity contribution in [3.05, 3.63) is 71.6 Å². The van der Waals surface area contributed by atoms with E-state index < -0.39 is 41.0 Å². The fourth-order valence-electron chi connectivity index (χ4n) is 4.51. The van der Waals surface area contributed by atoms with Crippen LogP contribution in [0.3, 0.4) is 0 Å². The zero-order valence-electron chi connectivity index (χ0n) is 22.8. The first kappa shape index (κ1) is 28.6. The maximum absolute atomic E-state index is 14.0. The summed E-state index contributed by atoms with van der Waals surface area (Å²) in [5.74, 6) is -3.60. The highest BCUT2D eigenvalue weighted by molar-refractivity contribution is 6.07. The number of para-hydroxylation sites is 1. The topological polar surface area (TPSA) is 96.3 Å². The Morgan fingerprint density at radius 3 is 2.12 bits per heavy atom. The van der Waals surface area contributed by atoms with Gasteiger partial charge in [0, 0.05) is 24.8 Å². The lowest BCUT2D eigenvalue weighted by Gasteiger charge is -2.24. The number of carbonyl (C=O) groups is 3. The van der Waals surface area contributed by atoms with E-state index in [9.17, 15) is 23.2 Å². The maximum atomic E-state index is 14.0. The molecule has 0 saturated carbocycles. The molecule has 1 fully saturated rings. The first-order valence-electron chi connectivity index (χ1n) is 12.5. The summed E-state index contributed by atoms with van der Waals surface area (Å²) in [5, 5.41) is 0. The van der Waals surface area contributed by atoms with Gasteiger partial charge in [-0.2, -0.15) is 0 Å². The molecule has 4 rings (SSSR count). The van der Waals surface area contributed by atoms with Crippen LogP contribution in [0.1, 0.15) is 54.1 Å². The Labute approximate surface area is 230 Å². The number of nitrogens with zero attached hydrogens (tertiary/aromatic N) is 2. The predicted octanol–water partition coefficient (Wildman–Crippen LogP) is 5.98. The molecule has 11 heteroatoms. The summed E-state index contributed by atoms with van der Waals surface area (Å²) in [5.41, 5.74) is 0.172. The molecule has 0 bridgehead atoms. The van der Waals surface area contributed by atoms with Crippen LogP contribution in [0.15, 0.2) is 48.7 Å². The van der Waals surface area contributed by atoms with Gasteiger partial charge in [-0.05, 0) is 57.0 Å². The highest BCUT2D eigenvalue weighted by Gasteiger charge is 2.36. The minimum Gasteiger partial charge on any atom is -0.465 e.